The lowest BCUT2D eigenvalue weighted by molar-refractivity contribution is -0.116. The zero-order valence-electron chi connectivity index (χ0n) is 12.5. The summed E-state index contributed by atoms with van der Waals surface area (Å²) in [6.07, 6.45) is 3.19. The highest BCUT2D eigenvalue weighted by atomic mass is 35.5. The number of halogens is 1. The molecule has 5 heteroatoms. The van der Waals surface area contributed by atoms with E-state index in [1.165, 1.54) is 6.08 Å². The lowest BCUT2D eigenvalue weighted by Gasteiger charge is -2.10. The van der Waals surface area contributed by atoms with Crippen LogP contribution in [-0.2, 0) is 11.3 Å². The molecule has 0 saturated carbocycles. The molecule has 0 fully saturated rings. The van der Waals surface area contributed by atoms with Crippen LogP contribution in [0.3, 0.4) is 0 Å². The number of carbonyl (C=O) groups excluding carboxylic acids is 1. The van der Waals surface area contributed by atoms with Crippen LogP contribution in [0.25, 0.3) is 6.08 Å². The molecule has 0 radical (unpaired) electrons. The van der Waals surface area contributed by atoms with E-state index in [1.807, 2.05) is 30.3 Å². The minimum atomic E-state index is -0.197. The van der Waals surface area contributed by atoms with Crippen molar-refractivity contribution in [2.24, 2.45) is 0 Å². The van der Waals surface area contributed by atoms with Gasteiger partial charge in [0.05, 0.1) is 6.61 Å². The Labute approximate surface area is 140 Å². The molecule has 120 valence electrons. The molecule has 0 saturated heterocycles. The van der Waals surface area contributed by atoms with E-state index in [-0.39, 0.29) is 19.1 Å². The standard InChI is InChI=1S/C18H18ClNO3/c19-16-8-5-14(6-9-16)7-10-18(22)20-13-15-3-1-2-4-17(15)23-12-11-21/h1-10,21H,11-13H2,(H,20,22)/b10-7+. The molecule has 0 atom stereocenters. The van der Waals surface area contributed by atoms with Gasteiger partial charge in [-0.05, 0) is 29.8 Å². The van der Waals surface area contributed by atoms with Crippen LogP contribution in [0.4, 0.5) is 0 Å². The maximum Gasteiger partial charge on any atom is 0.244 e. The van der Waals surface area contributed by atoms with Gasteiger partial charge in [-0.1, -0.05) is 41.9 Å². The summed E-state index contributed by atoms with van der Waals surface area (Å²) in [7, 11) is 0. The van der Waals surface area contributed by atoms with Crippen LogP contribution in [0.2, 0.25) is 5.02 Å². The van der Waals surface area contributed by atoms with Gasteiger partial charge in [-0.25, -0.2) is 0 Å². The van der Waals surface area contributed by atoms with Crippen molar-refractivity contribution in [1.29, 1.82) is 0 Å². The number of hydrogen-bond acceptors (Lipinski definition) is 3. The average molecular weight is 332 g/mol. The van der Waals surface area contributed by atoms with Crippen LogP contribution in [-0.4, -0.2) is 24.2 Å². The van der Waals surface area contributed by atoms with Gasteiger partial charge in [0.15, 0.2) is 0 Å². The maximum atomic E-state index is 11.9. The van der Waals surface area contributed by atoms with Crippen molar-refractivity contribution < 1.29 is 14.6 Å². The summed E-state index contributed by atoms with van der Waals surface area (Å²) < 4.78 is 5.43. The van der Waals surface area contributed by atoms with Crippen molar-refractivity contribution in [2.75, 3.05) is 13.2 Å². The Hall–Kier alpha value is -2.30. The molecule has 23 heavy (non-hydrogen) atoms. The third-order valence-corrected chi connectivity index (χ3v) is 3.32. The predicted octanol–water partition coefficient (Wildman–Crippen LogP) is 3.04. The van der Waals surface area contributed by atoms with Crippen molar-refractivity contribution >= 4 is 23.6 Å². The summed E-state index contributed by atoms with van der Waals surface area (Å²) in [5.74, 6) is 0.459. The van der Waals surface area contributed by atoms with Crippen molar-refractivity contribution in [3.63, 3.8) is 0 Å². The highest BCUT2D eigenvalue weighted by molar-refractivity contribution is 6.30. The van der Waals surface area contributed by atoms with E-state index < -0.39 is 0 Å². The first-order valence-corrected chi connectivity index (χ1v) is 7.60. The van der Waals surface area contributed by atoms with Crippen molar-refractivity contribution in [3.05, 3.63) is 70.8 Å². The van der Waals surface area contributed by atoms with Gasteiger partial charge in [-0.3, -0.25) is 4.79 Å². The molecule has 2 rings (SSSR count). The first kappa shape index (κ1) is 17.1. The monoisotopic (exact) mass is 331 g/mol. The number of hydrogen-bond donors (Lipinski definition) is 2. The molecule has 0 spiro atoms. The topological polar surface area (TPSA) is 58.6 Å². The zero-order valence-corrected chi connectivity index (χ0v) is 13.3. The molecule has 0 heterocycles. The third kappa shape index (κ3) is 5.77. The van der Waals surface area contributed by atoms with Crippen LogP contribution in [0.15, 0.2) is 54.6 Å². The minimum Gasteiger partial charge on any atom is -0.491 e. The summed E-state index contributed by atoms with van der Waals surface area (Å²) in [5.41, 5.74) is 1.76. The maximum absolute atomic E-state index is 11.9. The average Bonchev–Trinajstić information content (AvgIpc) is 2.58. The lowest BCUT2D eigenvalue weighted by Crippen LogP contribution is -2.20. The number of carbonyl (C=O) groups is 1. The van der Waals surface area contributed by atoms with Gasteiger partial charge in [0.1, 0.15) is 12.4 Å². The first-order chi connectivity index (χ1) is 11.2. The number of aliphatic hydroxyl groups excluding tert-OH is 1. The highest BCUT2D eigenvalue weighted by Crippen LogP contribution is 2.17. The van der Waals surface area contributed by atoms with E-state index in [0.29, 0.717) is 17.3 Å². The first-order valence-electron chi connectivity index (χ1n) is 7.22. The van der Waals surface area contributed by atoms with Gasteiger partial charge in [-0.15, -0.1) is 0 Å². The number of ether oxygens (including phenoxy) is 1. The fourth-order valence-corrected chi connectivity index (χ4v) is 2.06. The van der Waals surface area contributed by atoms with Crippen LogP contribution >= 0.6 is 11.6 Å². The zero-order chi connectivity index (χ0) is 16.5. The van der Waals surface area contributed by atoms with E-state index in [2.05, 4.69) is 5.32 Å². The van der Waals surface area contributed by atoms with Gasteiger partial charge < -0.3 is 15.2 Å². The summed E-state index contributed by atoms with van der Waals surface area (Å²) in [6.45, 7) is 0.525. The quantitative estimate of drug-likeness (QED) is 0.767. The largest absolute Gasteiger partial charge is 0.491 e. The van der Waals surface area contributed by atoms with E-state index in [0.717, 1.165) is 11.1 Å². The molecule has 0 unspecified atom stereocenters. The van der Waals surface area contributed by atoms with E-state index in [4.69, 9.17) is 21.4 Å². The molecular formula is C18H18ClNO3. The fraction of sp³-hybridized carbons (Fsp3) is 0.167. The SMILES string of the molecule is O=C(/C=C/c1ccc(Cl)cc1)NCc1ccccc1OCCO. The fourth-order valence-electron chi connectivity index (χ4n) is 1.93. The van der Waals surface area contributed by atoms with Crippen LogP contribution in [0.1, 0.15) is 11.1 Å². The molecule has 0 aliphatic carbocycles. The van der Waals surface area contributed by atoms with Crippen molar-refractivity contribution in [1.82, 2.24) is 5.32 Å². The molecular weight excluding hydrogens is 314 g/mol. The highest BCUT2D eigenvalue weighted by Gasteiger charge is 2.04. The molecule has 0 bridgehead atoms. The Kier molecular flexibility index (Phi) is 6.66. The molecule has 0 aromatic heterocycles. The Morgan fingerprint density at radius 3 is 2.65 bits per heavy atom. The van der Waals surface area contributed by atoms with E-state index in [9.17, 15) is 4.79 Å². The lowest BCUT2D eigenvalue weighted by atomic mass is 10.2. The molecule has 0 aliphatic rings. The number of amides is 1. The molecule has 4 nitrogen and oxygen atoms in total. The van der Waals surface area contributed by atoms with Gasteiger partial charge in [0.25, 0.3) is 0 Å². The van der Waals surface area contributed by atoms with Gasteiger partial charge in [0.2, 0.25) is 5.91 Å². The van der Waals surface area contributed by atoms with Crippen molar-refractivity contribution in [2.45, 2.75) is 6.54 Å². The predicted molar refractivity (Wildman–Crippen MR) is 91.4 cm³/mol. The Balaban J connectivity index is 1.90. The van der Waals surface area contributed by atoms with Crippen LogP contribution in [0, 0.1) is 0 Å². The van der Waals surface area contributed by atoms with Gasteiger partial charge >= 0.3 is 0 Å². The molecule has 2 aromatic carbocycles. The number of aliphatic hydroxyl groups is 1. The summed E-state index contributed by atoms with van der Waals surface area (Å²) in [4.78, 5) is 11.9. The molecule has 2 N–H and O–H groups in total. The summed E-state index contributed by atoms with van der Waals surface area (Å²) in [5, 5.41) is 12.3. The number of nitrogens with one attached hydrogen (secondary N) is 1. The summed E-state index contributed by atoms with van der Waals surface area (Å²) in [6, 6.07) is 14.6. The Morgan fingerprint density at radius 1 is 1.17 bits per heavy atom. The van der Waals surface area contributed by atoms with Gasteiger partial charge in [0, 0.05) is 23.2 Å². The second-order valence-electron chi connectivity index (χ2n) is 4.78. The van der Waals surface area contributed by atoms with Crippen LogP contribution in [0.5, 0.6) is 5.75 Å². The van der Waals surface area contributed by atoms with E-state index in [1.54, 1.807) is 24.3 Å². The molecule has 0 aliphatic heterocycles. The summed E-state index contributed by atoms with van der Waals surface area (Å²) >= 11 is 5.81. The minimum absolute atomic E-state index is 0.0511. The second kappa shape index (κ2) is 8.98. The van der Waals surface area contributed by atoms with Gasteiger partial charge in [-0.2, -0.15) is 0 Å². The number of para-hydroxylation sites is 1. The van der Waals surface area contributed by atoms with E-state index >= 15 is 0 Å². The molecule has 2 aromatic rings. The number of rotatable bonds is 7. The smallest absolute Gasteiger partial charge is 0.244 e. The third-order valence-electron chi connectivity index (χ3n) is 3.07. The normalized spacial score (nSPS) is 10.7. The second-order valence-corrected chi connectivity index (χ2v) is 5.22. The number of benzene rings is 2. The Bertz CT molecular complexity index is 668. The van der Waals surface area contributed by atoms with Crippen LogP contribution < -0.4 is 10.1 Å². The van der Waals surface area contributed by atoms with Crippen molar-refractivity contribution in [3.8, 4) is 5.75 Å². The Morgan fingerprint density at radius 2 is 1.91 bits per heavy atom. The molecule has 1 amide bonds.